The zero-order chi connectivity index (χ0) is 18.2. The second kappa shape index (κ2) is 6.45. The Balaban J connectivity index is 1.71. The maximum absolute atomic E-state index is 6.23. The standard InChI is InChI=1S/C24H15NOS/c27-24(26-22-15-7-9-16-8-1-2-10-17(16)22)23-18-11-3-5-13-20(18)25-21-14-6-4-12-19(21)23/h1-15H. The highest BCUT2D eigenvalue weighted by Gasteiger charge is 2.15. The van der Waals surface area contributed by atoms with Gasteiger partial charge in [0.2, 0.25) is 0 Å². The van der Waals surface area contributed by atoms with Gasteiger partial charge in [0.15, 0.2) is 5.05 Å². The minimum absolute atomic E-state index is 0.459. The highest BCUT2D eigenvalue weighted by atomic mass is 32.1. The Morgan fingerprint density at radius 2 is 1.19 bits per heavy atom. The Morgan fingerprint density at radius 1 is 0.630 bits per heavy atom. The van der Waals surface area contributed by atoms with Crippen LogP contribution in [-0.2, 0) is 0 Å². The van der Waals surface area contributed by atoms with Gasteiger partial charge in [-0.2, -0.15) is 0 Å². The predicted octanol–water partition coefficient (Wildman–Crippen LogP) is 6.30. The molecule has 4 aromatic carbocycles. The van der Waals surface area contributed by atoms with E-state index < -0.39 is 0 Å². The van der Waals surface area contributed by atoms with Gasteiger partial charge in [-0.15, -0.1) is 0 Å². The molecule has 5 aromatic rings. The summed E-state index contributed by atoms with van der Waals surface area (Å²) in [5.74, 6) is 0.767. The molecule has 0 saturated heterocycles. The molecule has 2 nitrogen and oxygen atoms in total. The lowest BCUT2D eigenvalue weighted by Crippen LogP contribution is -2.09. The Kier molecular flexibility index (Phi) is 3.80. The highest BCUT2D eigenvalue weighted by molar-refractivity contribution is 7.80. The van der Waals surface area contributed by atoms with Crippen LogP contribution in [0.15, 0.2) is 91.0 Å². The molecule has 128 valence electrons. The number of fused-ring (bicyclic) bond motifs is 3. The fourth-order valence-corrected chi connectivity index (χ4v) is 3.81. The summed E-state index contributed by atoms with van der Waals surface area (Å²) >= 11 is 5.77. The third-order valence-electron chi connectivity index (χ3n) is 4.74. The molecule has 3 heteroatoms. The number of para-hydroxylation sites is 2. The molecule has 1 aromatic heterocycles. The molecule has 0 spiro atoms. The quantitative estimate of drug-likeness (QED) is 0.271. The monoisotopic (exact) mass is 365 g/mol. The highest BCUT2D eigenvalue weighted by Crippen LogP contribution is 2.30. The van der Waals surface area contributed by atoms with Gasteiger partial charge in [0.05, 0.1) is 11.0 Å². The first-order valence-corrected chi connectivity index (χ1v) is 9.19. The lowest BCUT2D eigenvalue weighted by atomic mass is 10.0. The van der Waals surface area contributed by atoms with E-state index in [2.05, 4.69) is 18.2 Å². The molecule has 0 saturated carbocycles. The second-order valence-corrected chi connectivity index (χ2v) is 6.76. The SMILES string of the molecule is S=C(Oc1cccc2ccccc12)c1c2ccccc2nc2ccccc12. The first-order chi connectivity index (χ1) is 13.3. The smallest absolute Gasteiger partial charge is 0.199 e. The summed E-state index contributed by atoms with van der Waals surface area (Å²) in [6.45, 7) is 0. The number of aromatic nitrogens is 1. The Bertz CT molecular complexity index is 1270. The first kappa shape index (κ1) is 15.9. The average Bonchev–Trinajstić information content (AvgIpc) is 2.72. The van der Waals surface area contributed by atoms with Crippen LogP contribution >= 0.6 is 12.2 Å². The number of hydrogen-bond donors (Lipinski definition) is 0. The lowest BCUT2D eigenvalue weighted by Gasteiger charge is -2.14. The zero-order valence-corrected chi connectivity index (χ0v) is 15.2. The molecule has 0 radical (unpaired) electrons. The molecule has 27 heavy (non-hydrogen) atoms. The van der Waals surface area contributed by atoms with Crippen molar-refractivity contribution in [3.63, 3.8) is 0 Å². The van der Waals surface area contributed by atoms with Gasteiger partial charge in [0.25, 0.3) is 0 Å². The van der Waals surface area contributed by atoms with Crippen molar-refractivity contribution in [2.24, 2.45) is 0 Å². The summed E-state index contributed by atoms with van der Waals surface area (Å²) in [4.78, 5) is 4.76. The van der Waals surface area contributed by atoms with Gasteiger partial charge in [-0.05, 0) is 35.8 Å². The van der Waals surface area contributed by atoms with Crippen LogP contribution in [0.4, 0.5) is 0 Å². The van der Waals surface area contributed by atoms with Crippen molar-refractivity contribution < 1.29 is 4.74 Å². The van der Waals surface area contributed by atoms with E-state index in [1.165, 1.54) is 0 Å². The first-order valence-electron chi connectivity index (χ1n) is 8.79. The van der Waals surface area contributed by atoms with Crippen LogP contribution in [0.25, 0.3) is 32.6 Å². The molecule has 0 fully saturated rings. The number of thiocarbonyl (C=S) groups is 1. The fourth-order valence-electron chi connectivity index (χ4n) is 3.50. The molecule has 0 unspecified atom stereocenters. The topological polar surface area (TPSA) is 22.1 Å². The van der Waals surface area contributed by atoms with E-state index in [-0.39, 0.29) is 0 Å². The molecule has 0 aliphatic rings. The van der Waals surface area contributed by atoms with E-state index in [9.17, 15) is 0 Å². The molecule has 0 aliphatic carbocycles. The van der Waals surface area contributed by atoms with E-state index in [1.807, 2.05) is 72.8 Å². The van der Waals surface area contributed by atoms with E-state index >= 15 is 0 Å². The minimum Gasteiger partial charge on any atom is -0.445 e. The Morgan fingerprint density at radius 3 is 1.89 bits per heavy atom. The van der Waals surface area contributed by atoms with Gasteiger partial charge in [-0.3, -0.25) is 0 Å². The fraction of sp³-hybridized carbons (Fsp3) is 0. The van der Waals surface area contributed by atoms with Gasteiger partial charge in [-0.1, -0.05) is 72.8 Å². The van der Waals surface area contributed by atoms with Gasteiger partial charge in [0, 0.05) is 21.7 Å². The summed E-state index contributed by atoms with van der Waals surface area (Å²) in [7, 11) is 0. The second-order valence-electron chi connectivity index (χ2n) is 6.39. The lowest BCUT2D eigenvalue weighted by molar-refractivity contribution is 0.574. The predicted molar refractivity (Wildman–Crippen MR) is 116 cm³/mol. The number of benzene rings is 4. The van der Waals surface area contributed by atoms with E-state index in [0.717, 1.165) is 43.9 Å². The maximum atomic E-state index is 6.23. The third-order valence-corrected chi connectivity index (χ3v) is 5.03. The van der Waals surface area contributed by atoms with Crippen LogP contribution < -0.4 is 4.74 Å². The Hall–Kier alpha value is -3.30. The van der Waals surface area contributed by atoms with Crippen molar-refractivity contribution in [2.45, 2.75) is 0 Å². The van der Waals surface area contributed by atoms with Crippen molar-refractivity contribution in [3.05, 3.63) is 96.6 Å². The Labute approximate surface area is 162 Å². The maximum Gasteiger partial charge on any atom is 0.199 e. The summed E-state index contributed by atoms with van der Waals surface area (Å²) in [6, 6.07) is 30.3. The van der Waals surface area contributed by atoms with Crippen LogP contribution in [0.2, 0.25) is 0 Å². The van der Waals surface area contributed by atoms with E-state index in [4.69, 9.17) is 21.9 Å². The molecule has 0 N–H and O–H groups in total. The number of ether oxygens (including phenoxy) is 1. The molecule has 1 heterocycles. The number of rotatable bonds is 2. The molecule has 0 amide bonds. The summed E-state index contributed by atoms with van der Waals surface area (Å²) in [5.41, 5.74) is 2.74. The number of nitrogens with zero attached hydrogens (tertiary/aromatic N) is 1. The average molecular weight is 365 g/mol. The zero-order valence-electron chi connectivity index (χ0n) is 14.4. The van der Waals surface area contributed by atoms with Crippen molar-refractivity contribution in [2.75, 3.05) is 0 Å². The normalized spacial score (nSPS) is 11.1. The molecule has 0 atom stereocenters. The van der Waals surface area contributed by atoms with Crippen LogP contribution in [0.3, 0.4) is 0 Å². The van der Waals surface area contributed by atoms with Gasteiger partial charge in [0.1, 0.15) is 5.75 Å². The summed E-state index contributed by atoms with van der Waals surface area (Å²) in [6.07, 6.45) is 0. The minimum atomic E-state index is 0.459. The molecular weight excluding hydrogens is 350 g/mol. The van der Waals surface area contributed by atoms with E-state index in [1.54, 1.807) is 0 Å². The molecule has 0 aliphatic heterocycles. The summed E-state index contributed by atoms with van der Waals surface area (Å²) in [5, 5.41) is 4.64. The van der Waals surface area contributed by atoms with Gasteiger partial charge in [-0.25, -0.2) is 4.98 Å². The molecule has 0 bridgehead atoms. The van der Waals surface area contributed by atoms with Crippen LogP contribution in [-0.4, -0.2) is 10.0 Å². The molecular formula is C24H15NOS. The van der Waals surface area contributed by atoms with Crippen LogP contribution in [0.5, 0.6) is 5.75 Å². The van der Waals surface area contributed by atoms with Crippen molar-refractivity contribution in [3.8, 4) is 5.75 Å². The van der Waals surface area contributed by atoms with Crippen LogP contribution in [0, 0.1) is 0 Å². The third kappa shape index (κ3) is 2.73. The van der Waals surface area contributed by atoms with Gasteiger partial charge < -0.3 is 4.74 Å². The molecule has 5 rings (SSSR count). The van der Waals surface area contributed by atoms with Gasteiger partial charge >= 0.3 is 0 Å². The number of pyridine rings is 1. The van der Waals surface area contributed by atoms with Crippen LogP contribution in [0.1, 0.15) is 5.56 Å². The summed E-state index contributed by atoms with van der Waals surface area (Å²) < 4.78 is 6.23. The van der Waals surface area contributed by atoms with Crippen molar-refractivity contribution in [1.29, 1.82) is 0 Å². The van der Waals surface area contributed by atoms with E-state index in [0.29, 0.717) is 5.05 Å². The van der Waals surface area contributed by atoms with Crippen molar-refractivity contribution >= 4 is 49.8 Å². The van der Waals surface area contributed by atoms with Crippen molar-refractivity contribution in [1.82, 2.24) is 4.98 Å². The number of hydrogen-bond acceptors (Lipinski definition) is 3. The largest absolute Gasteiger partial charge is 0.445 e.